The Morgan fingerprint density at radius 1 is 1.08 bits per heavy atom. The van der Waals surface area contributed by atoms with E-state index in [1.54, 1.807) is 12.1 Å². The first-order valence-electron chi connectivity index (χ1n) is 7.64. The van der Waals surface area contributed by atoms with Crippen molar-refractivity contribution in [1.82, 2.24) is 5.32 Å². The normalized spacial score (nSPS) is 11.7. The van der Waals surface area contributed by atoms with Crippen LogP contribution in [0.15, 0.2) is 36.4 Å². The average molecular weight is 383 g/mol. The molecule has 0 aromatic heterocycles. The molecule has 2 N–H and O–H groups in total. The zero-order chi connectivity index (χ0) is 18.4. The Labute approximate surface area is 157 Å². The first-order valence-corrected chi connectivity index (χ1v) is 8.40. The zero-order valence-electron chi connectivity index (χ0n) is 14.2. The lowest BCUT2D eigenvalue weighted by molar-refractivity contribution is -0.115. The highest BCUT2D eigenvalue weighted by atomic mass is 35.5. The summed E-state index contributed by atoms with van der Waals surface area (Å²) >= 11 is 12.0. The van der Waals surface area contributed by atoms with Gasteiger partial charge < -0.3 is 20.1 Å². The standard InChI is InChI=1S/C18H20Cl2N2O3/c1-11(12-4-6-13(19)7-5-12)21-10-18(23)22-15-8-14(20)16(24-2)9-17(15)25-3/h4-9,11,21H,10H2,1-3H3,(H,22,23). The van der Waals surface area contributed by atoms with Crippen molar-refractivity contribution in [3.63, 3.8) is 0 Å². The smallest absolute Gasteiger partial charge is 0.238 e. The molecule has 2 rings (SSSR count). The van der Waals surface area contributed by atoms with Crippen molar-refractivity contribution in [1.29, 1.82) is 0 Å². The predicted molar refractivity (Wildman–Crippen MR) is 101 cm³/mol. The summed E-state index contributed by atoms with van der Waals surface area (Å²) in [7, 11) is 3.03. The molecule has 0 bridgehead atoms. The molecule has 0 aliphatic heterocycles. The molecule has 0 fully saturated rings. The van der Waals surface area contributed by atoms with Gasteiger partial charge in [-0.15, -0.1) is 0 Å². The lowest BCUT2D eigenvalue weighted by Crippen LogP contribution is -2.30. The number of nitrogens with one attached hydrogen (secondary N) is 2. The SMILES string of the molecule is COc1cc(OC)c(NC(=O)CNC(C)c2ccc(Cl)cc2)cc1Cl. The molecule has 7 heteroatoms. The highest BCUT2D eigenvalue weighted by molar-refractivity contribution is 6.32. The van der Waals surface area contributed by atoms with Gasteiger partial charge >= 0.3 is 0 Å². The van der Waals surface area contributed by atoms with Gasteiger partial charge in [0, 0.05) is 17.1 Å². The second kappa shape index (κ2) is 8.94. The average Bonchev–Trinajstić information content (AvgIpc) is 2.60. The number of amides is 1. The Balaban J connectivity index is 1.98. The Hall–Kier alpha value is -1.95. The molecule has 0 saturated heterocycles. The third-order valence-electron chi connectivity index (χ3n) is 3.69. The number of halogens is 2. The van der Waals surface area contributed by atoms with Crippen LogP contribution in [0.2, 0.25) is 10.0 Å². The molecule has 134 valence electrons. The van der Waals surface area contributed by atoms with E-state index in [4.69, 9.17) is 32.7 Å². The molecule has 25 heavy (non-hydrogen) atoms. The van der Waals surface area contributed by atoms with Gasteiger partial charge in [-0.05, 0) is 30.7 Å². The summed E-state index contributed by atoms with van der Waals surface area (Å²) in [6, 6.07) is 10.7. The lowest BCUT2D eigenvalue weighted by atomic mass is 10.1. The van der Waals surface area contributed by atoms with Crippen LogP contribution in [0.4, 0.5) is 5.69 Å². The van der Waals surface area contributed by atoms with Crippen LogP contribution in [0, 0.1) is 0 Å². The second-order valence-corrected chi connectivity index (χ2v) is 6.23. The predicted octanol–water partition coefficient (Wildman–Crippen LogP) is 4.30. The quantitative estimate of drug-likeness (QED) is 0.749. The maximum absolute atomic E-state index is 12.2. The van der Waals surface area contributed by atoms with Crippen molar-refractivity contribution >= 4 is 34.8 Å². The maximum atomic E-state index is 12.2. The Morgan fingerprint density at radius 2 is 1.72 bits per heavy atom. The highest BCUT2D eigenvalue weighted by Crippen LogP contribution is 2.35. The molecule has 0 aliphatic carbocycles. The molecule has 1 unspecified atom stereocenters. The molecular formula is C18H20Cl2N2O3. The van der Waals surface area contributed by atoms with Crippen LogP contribution in [0.3, 0.4) is 0 Å². The van der Waals surface area contributed by atoms with Gasteiger partial charge in [0.1, 0.15) is 11.5 Å². The van der Waals surface area contributed by atoms with E-state index in [2.05, 4.69) is 10.6 Å². The van der Waals surface area contributed by atoms with E-state index in [9.17, 15) is 4.79 Å². The van der Waals surface area contributed by atoms with Crippen LogP contribution in [0.1, 0.15) is 18.5 Å². The minimum Gasteiger partial charge on any atom is -0.495 e. The number of benzene rings is 2. The van der Waals surface area contributed by atoms with Crippen LogP contribution >= 0.6 is 23.2 Å². The van der Waals surface area contributed by atoms with Crippen LogP contribution in [0.5, 0.6) is 11.5 Å². The third-order valence-corrected chi connectivity index (χ3v) is 4.23. The number of carbonyl (C=O) groups is 1. The molecule has 1 atom stereocenters. The van der Waals surface area contributed by atoms with E-state index in [0.29, 0.717) is 27.2 Å². The largest absolute Gasteiger partial charge is 0.495 e. The van der Waals surface area contributed by atoms with E-state index in [-0.39, 0.29) is 18.5 Å². The first kappa shape index (κ1) is 19.4. The number of anilines is 1. The molecule has 0 saturated carbocycles. The number of rotatable bonds is 7. The van der Waals surface area contributed by atoms with Crippen molar-refractivity contribution in [3.8, 4) is 11.5 Å². The van der Waals surface area contributed by atoms with Gasteiger partial charge in [-0.1, -0.05) is 35.3 Å². The minimum atomic E-state index is -0.208. The number of hydrogen-bond donors (Lipinski definition) is 2. The molecule has 2 aromatic carbocycles. The Bertz CT molecular complexity index is 736. The van der Waals surface area contributed by atoms with Crippen LogP contribution in [0.25, 0.3) is 0 Å². The fourth-order valence-electron chi connectivity index (χ4n) is 2.27. The van der Waals surface area contributed by atoms with E-state index in [1.165, 1.54) is 14.2 Å². The minimum absolute atomic E-state index is 0.00404. The summed E-state index contributed by atoms with van der Waals surface area (Å²) in [5.74, 6) is 0.742. The Kier molecular flexibility index (Phi) is 6.93. The summed E-state index contributed by atoms with van der Waals surface area (Å²) in [5.41, 5.74) is 1.53. The molecule has 0 spiro atoms. The summed E-state index contributed by atoms with van der Waals surface area (Å²) in [6.07, 6.45) is 0. The van der Waals surface area contributed by atoms with Crippen molar-refractivity contribution in [2.24, 2.45) is 0 Å². The molecule has 0 radical (unpaired) electrons. The van der Waals surface area contributed by atoms with Crippen molar-refractivity contribution in [2.45, 2.75) is 13.0 Å². The zero-order valence-corrected chi connectivity index (χ0v) is 15.7. The molecule has 0 aliphatic rings. The second-order valence-electron chi connectivity index (χ2n) is 5.39. The summed E-state index contributed by atoms with van der Waals surface area (Å²) in [4.78, 5) is 12.2. The first-order chi connectivity index (χ1) is 11.9. The van der Waals surface area contributed by atoms with Crippen molar-refractivity contribution < 1.29 is 14.3 Å². The third kappa shape index (κ3) is 5.26. The van der Waals surface area contributed by atoms with Crippen LogP contribution in [-0.4, -0.2) is 26.7 Å². The molecule has 2 aromatic rings. The van der Waals surface area contributed by atoms with Crippen molar-refractivity contribution in [2.75, 3.05) is 26.1 Å². The fourth-order valence-corrected chi connectivity index (χ4v) is 2.63. The number of hydrogen-bond acceptors (Lipinski definition) is 4. The molecular weight excluding hydrogens is 363 g/mol. The lowest BCUT2D eigenvalue weighted by Gasteiger charge is -2.16. The van der Waals surface area contributed by atoms with Gasteiger partial charge in [0.05, 0.1) is 31.5 Å². The fraction of sp³-hybridized carbons (Fsp3) is 0.278. The van der Waals surface area contributed by atoms with Gasteiger partial charge in [-0.3, -0.25) is 4.79 Å². The highest BCUT2D eigenvalue weighted by Gasteiger charge is 2.13. The number of methoxy groups -OCH3 is 2. The molecule has 0 heterocycles. The summed E-state index contributed by atoms with van der Waals surface area (Å²) in [6.45, 7) is 2.11. The van der Waals surface area contributed by atoms with Gasteiger partial charge in [0.15, 0.2) is 0 Å². The van der Waals surface area contributed by atoms with Crippen molar-refractivity contribution in [3.05, 3.63) is 52.0 Å². The van der Waals surface area contributed by atoms with Gasteiger partial charge in [0.2, 0.25) is 5.91 Å². The van der Waals surface area contributed by atoms with E-state index in [0.717, 1.165) is 5.56 Å². The van der Waals surface area contributed by atoms with Gasteiger partial charge in [0.25, 0.3) is 0 Å². The molecule has 1 amide bonds. The van der Waals surface area contributed by atoms with Crippen LogP contribution in [-0.2, 0) is 4.79 Å². The summed E-state index contributed by atoms with van der Waals surface area (Å²) in [5, 5.41) is 7.01. The van der Waals surface area contributed by atoms with E-state index < -0.39 is 0 Å². The number of ether oxygens (including phenoxy) is 2. The van der Waals surface area contributed by atoms with Gasteiger partial charge in [-0.2, -0.15) is 0 Å². The maximum Gasteiger partial charge on any atom is 0.238 e. The van der Waals surface area contributed by atoms with E-state index in [1.807, 2.05) is 31.2 Å². The monoisotopic (exact) mass is 382 g/mol. The van der Waals surface area contributed by atoms with Crippen LogP contribution < -0.4 is 20.1 Å². The molecule has 5 nitrogen and oxygen atoms in total. The van der Waals surface area contributed by atoms with E-state index >= 15 is 0 Å². The topological polar surface area (TPSA) is 59.6 Å². The van der Waals surface area contributed by atoms with Gasteiger partial charge in [-0.25, -0.2) is 0 Å². The number of carbonyl (C=O) groups excluding carboxylic acids is 1. The summed E-state index contributed by atoms with van der Waals surface area (Å²) < 4.78 is 10.4. The Morgan fingerprint density at radius 3 is 2.32 bits per heavy atom.